The van der Waals surface area contributed by atoms with Gasteiger partial charge >= 0.3 is 0 Å². The van der Waals surface area contributed by atoms with Crippen LogP contribution in [0.1, 0.15) is 18.4 Å². The van der Waals surface area contributed by atoms with E-state index in [-0.39, 0.29) is 12.0 Å². The number of ether oxygens (including phenoxy) is 1. The Morgan fingerprint density at radius 1 is 1.33 bits per heavy atom. The summed E-state index contributed by atoms with van der Waals surface area (Å²) in [5, 5.41) is 9.74. The molecule has 0 bridgehead atoms. The van der Waals surface area contributed by atoms with Crippen molar-refractivity contribution in [3.05, 3.63) is 29.8 Å². The third-order valence-electron chi connectivity index (χ3n) is 4.25. The van der Waals surface area contributed by atoms with Crippen molar-refractivity contribution in [1.29, 1.82) is 0 Å². The minimum absolute atomic E-state index is 0.0598. The number of para-hydroxylation sites is 1. The van der Waals surface area contributed by atoms with E-state index in [1.54, 1.807) is 0 Å². The first-order chi connectivity index (χ1) is 8.83. The number of rotatable bonds is 3. The summed E-state index contributed by atoms with van der Waals surface area (Å²) in [4.78, 5) is 2.42. The summed E-state index contributed by atoms with van der Waals surface area (Å²) in [6, 6.07) is 8.60. The minimum atomic E-state index is -0.0598. The summed E-state index contributed by atoms with van der Waals surface area (Å²) in [6.07, 6.45) is 3.26. The Bertz CT molecular complexity index is 413. The van der Waals surface area contributed by atoms with Crippen LogP contribution in [0.5, 0.6) is 0 Å². The largest absolute Gasteiger partial charge is 0.396 e. The predicted octanol–water partition coefficient (Wildman–Crippen LogP) is 1.84. The highest BCUT2D eigenvalue weighted by Crippen LogP contribution is 2.34. The second-order valence-corrected chi connectivity index (χ2v) is 5.61. The van der Waals surface area contributed by atoms with E-state index in [4.69, 9.17) is 4.74 Å². The second-order valence-electron chi connectivity index (χ2n) is 5.61. The molecule has 2 heterocycles. The molecule has 3 heteroatoms. The van der Waals surface area contributed by atoms with E-state index >= 15 is 0 Å². The molecule has 0 radical (unpaired) electrons. The van der Waals surface area contributed by atoms with Crippen LogP contribution in [0.4, 0.5) is 5.69 Å². The first-order valence-corrected chi connectivity index (χ1v) is 6.84. The molecule has 0 aromatic heterocycles. The van der Waals surface area contributed by atoms with E-state index in [1.807, 2.05) is 0 Å². The lowest BCUT2D eigenvalue weighted by Gasteiger charge is -2.39. The molecule has 0 aliphatic carbocycles. The molecule has 98 valence electrons. The molecule has 2 aliphatic heterocycles. The third kappa shape index (κ3) is 2.13. The van der Waals surface area contributed by atoms with Crippen molar-refractivity contribution in [3.63, 3.8) is 0 Å². The van der Waals surface area contributed by atoms with Gasteiger partial charge in [0, 0.05) is 30.8 Å². The van der Waals surface area contributed by atoms with Gasteiger partial charge in [-0.1, -0.05) is 18.2 Å². The highest BCUT2D eigenvalue weighted by molar-refractivity contribution is 5.57. The molecular weight excluding hydrogens is 226 g/mol. The third-order valence-corrected chi connectivity index (χ3v) is 4.25. The van der Waals surface area contributed by atoms with Gasteiger partial charge in [-0.25, -0.2) is 0 Å². The summed E-state index contributed by atoms with van der Waals surface area (Å²) in [5.74, 6) is 0. The first-order valence-electron chi connectivity index (χ1n) is 6.84. The normalized spacial score (nSPS) is 27.3. The summed E-state index contributed by atoms with van der Waals surface area (Å²) < 4.78 is 5.59. The van der Waals surface area contributed by atoms with E-state index in [2.05, 4.69) is 29.2 Å². The standard InChI is InChI=1S/C15H21NO2/c17-11-15(7-3-9-18-12-15)10-16-8-6-13-4-1-2-5-14(13)16/h1-2,4-5,17H,3,6-12H2. The van der Waals surface area contributed by atoms with Gasteiger partial charge in [-0.2, -0.15) is 0 Å². The Kier molecular flexibility index (Phi) is 3.27. The Hall–Kier alpha value is -1.06. The zero-order valence-electron chi connectivity index (χ0n) is 10.8. The van der Waals surface area contributed by atoms with E-state index in [9.17, 15) is 5.11 Å². The molecule has 3 rings (SSSR count). The van der Waals surface area contributed by atoms with Crippen molar-refractivity contribution in [2.24, 2.45) is 5.41 Å². The van der Waals surface area contributed by atoms with E-state index in [1.165, 1.54) is 11.3 Å². The fourth-order valence-corrected chi connectivity index (χ4v) is 3.19. The highest BCUT2D eigenvalue weighted by Gasteiger charge is 2.35. The van der Waals surface area contributed by atoms with Crippen LogP contribution >= 0.6 is 0 Å². The fourth-order valence-electron chi connectivity index (χ4n) is 3.19. The average Bonchev–Trinajstić information content (AvgIpc) is 2.83. The molecule has 0 amide bonds. The molecule has 18 heavy (non-hydrogen) atoms. The Morgan fingerprint density at radius 2 is 2.22 bits per heavy atom. The van der Waals surface area contributed by atoms with E-state index in [0.717, 1.165) is 39.0 Å². The monoisotopic (exact) mass is 247 g/mol. The summed E-state index contributed by atoms with van der Waals surface area (Å²) >= 11 is 0. The van der Waals surface area contributed by atoms with Crippen LogP contribution in [0.3, 0.4) is 0 Å². The lowest BCUT2D eigenvalue weighted by atomic mass is 9.83. The molecule has 1 fully saturated rings. The second kappa shape index (κ2) is 4.90. The average molecular weight is 247 g/mol. The predicted molar refractivity (Wildman–Crippen MR) is 71.9 cm³/mol. The molecule has 1 aromatic carbocycles. The van der Waals surface area contributed by atoms with Gasteiger partial charge in [-0.3, -0.25) is 0 Å². The smallest absolute Gasteiger partial charge is 0.0561 e. The van der Waals surface area contributed by atoms with Gasteiger partial charge in [0.15, 0.2) is 0 Å². The van der Waals surface area contributed by atoms with Crippen LogP contribution in [0.2, 0.25) is 0 Å². The number of aliphatic hydroxyl groups is 1. The van der Waals surface area contributed by atoms with Gasteiger partial charge < -0.3 is 14.7 Å². The molecule has 0 spiro atoms. The van der Waals surface area contributed by atoms with Gasteiger partial charge in [0.1, 0.15) is 0 Å². The maximum atomic E-state index is 9.74. The number of fused-ring (bicyclic) bond motifs is 1. The highest BCUT2D eigenvalue weighted by atomic mass is 16.5. The first kappa shape index (κ1) is 12.0. The van der Waals surface area contributed by atoms with E-state index < -0.39 is 0 Å². The molecule has 2 aliphatic rings. The molecule has 0 saturated carbocycles. The van der Waals surface area contributed by atoms with Crippen LogP contribution in [0.15, 0.2) is 24.3 Å². The van der Waals surface area contributed by atoms with Crippen molar-refractivity contribution in [3.8, 4) is 0 Å². The minimum Gasteiger partial charge on any atom is -0.396 e. The summed E-state index contributed by atoms with van der Waals surface area (Å²) in [7, 11) is 0. The molecule has 1 atom stereocenters. The maximum Gasteiger partial charge on any atom is 0.0561 e. The van der Waals surface area contributed by atoms with Crippen molar-refractivity contribution in [2.75, 3.05) is 37.8 Å². The lowest BCUT2D eigenvalue weighted by molar-refractivity contribution is -0.0334. The molecule has 1 unspecified atom stereocenters. The molecule has 1 saturated heterocycles. The molecule has 1 aromatic rings. The van der Waals surface area contributed by atoms with Crippen LogP contribution in [0, 0.1) is 5.41 Å². The number of anilines is 1. The van der Waals surface area contributed by atoms with Crippen LogP contribution in [0.25, 0.3) is 0 Å². The van der Waals surface area contributed by atoms with Crippen LogP contribution in [-0.2, 0) is 11.2 Å². The Labute approximate surface area is 108 Å². The Balaban J connectivity index is 1.77. The molecular formula is C15H21NO2. The molecule has 3 nitrogen and oxygen atoms in total. The zero-order valence-corrected chi connectivity index (χ0v) is 10.8. The van der Waals surface area contributed by atoms with Gasteiger partial charge in [0.2, 0.25) is 0 Å². The zero-order chi connectivity index (χ0) is 12.4. The van der Waals surface area contributed by atoms with Crippen molar-refractivity contribution < 1.29 is 9.84 Å². The summed E-state index contributed by atoms with van der Waals surface area (Å²) in [5.41, 5.74) is 2.72. The SMILES string of the molecule is OCC1(CN2CCc3ccccc32)CCCOC1. The van der Waals surface area contributed by atoms with Crippen molar-refractivity contribution >= 4 is 5.69 Å². The van der Waals surface area contributed by atoms with Gasteiger partial charge in [0.05, 0.1) is 13.2 Å². The number of nitrogens with zero attached hydrogens (tertiary/aromatic N) is 1. The van der Waals surface area contributed by atoms with Crippen LogP contribution < -0.4 is 4.90 Å². The number of benzene rings is 1. The van der Waals surface area contributed by atoms with Gasteiger partial charge in [0.25, 0.3) is 0 Å². The van der Waals surface area contributed by atoms with Gasteiger partial charge in [-0.15, -0.1) is 0 Å². The maximum absolute atomic E-state index is 9.74. The molecule has 1 N–H and O–H groups in total. The number of hydrogen-bond donors (Lipinski definition) is 1. The number of hydrogen-bond acceptors (Lipinski definition) is 3. The quantitative estimate of drug-likeness (QED) is 0.884. The number of aliphatic hydroxyl groups excluding tert-OH is 1. The summed E-state index contributed by atoms with van der Waals surface area (Å²) in [6.45, 7) is 3.76. The lowest BCUT2D eigenvalue weighted by Crippen LogP contribution is -2.45. The fraction of sp³-hybridized carbons (Fsp3) is 0.600. The Morgan fingerprint density at radius 3 is 3.00 bits per heavy atom. The topological polar surface area (TPSA) is 32.7 Å². The van der Waals surface area contributed by atoms with Crippen molar-refractivity contribution in [1.82, 2.24) is 0 Å². The van der Waals surface area contributed by atoms with E-state index in [0.29, 0.717) is 6.61 Å². The van der Waals surface area contributed by atoms with Gasteiger partial charge in [-0.05, 0) is 30.9 Å². The van der Waals surface area contributed by atoms with Crippen LogP contribution in [-0.4, -0.2) is 38.0 Å². The van der Waals surface area contributed by atoms with Crippen molar-refractivity contribution in [2.45, 2.75) is 19.3 Å².